The van der Waals surface area contributed by atoms with Crippen LogP contribution in [0.3, 0.4) is 0 Å². The smallest absolute Gasteiger partial charge is 0.163 e. The third-order valence-electron chi connectivity index (χ3n) is 4.03. The lowest BCUT2D eigenvalue weighted by molar-refractivity contribution is 0.283. The van der Waals surface area contributed by atoms with Gasteiger partial charge in [-0.15, -0.1) is 0 Å². The number of nitrogens with one attached hydrogen (secondary N) is 1. The molecule has 0 aliphatic heterocycles. The summed E-state index contributed by atoms with van der Waals surface area (Å²) in [7, 11) is 5.75. The van der Waals surface area contributed by atoms with E-state index in [0.717, 1.165) is 24.2 Å². The van der Waals surface area contributed by atoms with Crippen LogP contribution in [0.25, 0.3) is 0 Å². The molecular formula is C20H27ClN2O2. The first-order chi connectivity index (χ1) is 12.0. The Morgan fingerprint density at radius 1 is 1.08 bits per heavy atom. The first kappa shape index (κ1) is 19.6. The molecule has 0 bridgehead atoms. The highest BCUT2D eigenvalue weighted by atomic mass is 35.5. The molecule has 0 saturated carbocycles. The lowest BCUT2D eigenvalue weighted by Gasteiger charge is -2.15. The van der Waals surface area contributed by atoms with Crippen LogP contribution in [-0.2, 0) is 13.2 Å². The van der Waals surface area contributed by atoms with Gasteiger partial charge in [0.05, 0.1) is 7.11 Å². The maximum absolute atomic E-state index is 6.43. The van der Waals surface area contributed by atoms with Crippen molar-refractivity contribution in [2.45, 2.75) is 20.1 Å². The van der Waals surface area contributed by atoms with Crippen molar-refractivity contribution in [2.24, 2.45) is 0 Å². The average Bonchev–Trinajstić information content (AvgIpc) is 2.59. The lowest BCUT2D eigenvalue weighted by atomic mass is 10.1. The number of benzene rings is 2. The first-order valence-corrected chi connectivity index (χ1v) is 8.78. The van der Waals surface area contributed by atoms with Gasteiger partial charge in [-0.05, 0) is 43.8 Å². The predicted molar refractivity (Wildman–Crippen MR) is 104 cm³/mol. The zero-order chi connectivity index (χ0) is 18.2. The van der Waals surface area contributed by atoms with E-state index in [2.05, 4.69) is 43.4 Å². The number of aryl methyl sites for hydroxylation is 1. The Morgan fingerprint density at radius 3 is 2.52 bits per heavy atom. The topological polar surface area (TPSA) is 33.7 Å². The van der Waals surface area contributed by atoms with E-state index < -0.39 is 0 Å². The van der Waals surface area contributed by atoms with Crippen LogP contribution in [0.15, 0.2) is 36.4 Å². The van der Waals surface area contributed by atoms with Gasteiger partial charge >= 0.3 is 0 Å². The Labute approximate surface area is 155 Å². The van der Waals surface area contributed by atoms with Gasteiger partial charge < -0.3 is 19.7 Å². The van der Waals surface area contributed by atoms with E-state index in [4.69, 9.17) is 21.1 Å². The Balaban J connectivity index is 2.04. The molecule has 0 heterocycles. The number of nitrogens with zero attached hydrogens (tertiary/aromatic N) is 1. The van der Waals surface area contributed by atoms with Crippen molar-refractivity contribution in [3.8, 4) is 11.5 Å². The Bertz CT molecular complexity index is 689. The summed E-state index contributed by atoms with van der Waals surface area (Å²) >= 11 is 6.43. The van der Waals surface area contributed by atoms with Crippen LogP contribution in [-0.4, -0.2) is 39.2 Å². The summed E-state index contributed by atoms with van der Waals surface area (Å²) < 4.78 is 11.4. The molecule has 1 N–H and O–H groups in total. The van der Waals surface area contributed by atoms with E-state index >= 15 is 0 Å². The number of ether oxygens (including phenoxy) is 2. The zero-order valence-electron chi connectivity index (χ0n) is 15.4. The van der Waals surface area contributed by atoms with Gasteiger partial charge in [-0.3, -0.25) is 0 Å². The van der Waals surface area contributed by atoms with Gasteiger partial charge in [0.2, 0.25) is 0 Å². The molecule has 0 aliphatic carbocycles. The van der Waals surface area contributed by atoms with Crippen molar-refractivity contribution >= 4 is 11.6 Å². The van der Waals surface area contributed by atoms with Crippen LogP contribution in [0.4, 0.5) is 0 Å². The average molecular weight is 363 g/mol. The summed E-state index contributed by atoms with van der Waals surface area (Å²) in [5.41, 5.74) is 3.35. The Hall–Kier alpha value is -1.75. The van der Waals surface area contributed by atoms with Crippen LogP contribution in [0, 0.1) is 6.92 Å². The molecule has 0 saturated heterocycles. The molecule has 2 aromatic carbocycles. The van der Waals surface area contributed by atoms with Gasteiger partial charge in [-0.1, -0.05) is 35.9 Å². The molecule has 0 atom stereocenters. The van der Waals surface area contributed by atoms with Gasteiger partial charge in [-0.25, -0.2) is 0 Å². The quantitative estimate of drug-likeness (QED) is 0.686. The van der Waals surface area contributed by atoms with Crippen LogP contribution >= 0.6 is 11.6 Å². The minimum Gasteiger partial charge on any atom is -0.493 e. The van der Waals surface area contributed by atoms with Crippen LogP contribution < -0.4 is 14.8 Å². The van der Waals surface area contributed by atoms with Gasteiger partial charge in [0.1, 0.15) is 6.61 Å². The summed E-state index contributed by atoms with van der Waals surface area (Å²) in [5.74, 6) is 1.36. The van der Waals surface area contributed by atoms with Gasteiger partial charge in [0.15, 0.2) is 11.5 Å². The fraction of sp³-hybridized carbons (Fsp3) is 0.400. The molecule has 2 rings (SSSR count). The van der Waals surface area contributed by atoms with E-state index in [1.54, 1.807) is 7.11 Å². The number of hydrogen-bond donors (Lipinski definition) is 1. The summed E-state index contributed by atoms with van der Waals surface area (Å²) in [5, 5.41) is 4.07. The highest BCUT2D eigenvalue weighted by Crippen LogP contribution is 2.34. The maximum Gasteiger partial charge on any atom is 0.163 e. The summed E-state index contributed by atoms with van der Waals surface area (Å²) in [6, 6.07) is 11.9. The molecule has 0 aliphatic rings. The molecule has 0 aromatic heterocycles. The molecule has 2 aromatic rings. The van der Waals surface area contributed by atoms with Crippen molar-refractivity contribution in [3.63, 3.8) is 0 Å². The monoisotopic (exact) mass is 362 g/mol. The number of halogens is 1. The van der Waals surface area contributed by atoms with Crippen molar-refractivity contribution in [1.82, 2.24) is 10.2 Å². The SMILES string of the molecule is COc1cc(CNCCN(C)C)c(Cl)cc1OCc1ccccc1C. The summed E-state index contributed by atoms with van der Waals surface area (Å²) in [6.45, 7) is 5.13. The number of rotatable bonds is 9. The minimum atomic E-state index is 0.486. The van der Waals surface area contributed by atoms with E-state index in [9.17, 15) is 0 Å². The van der Waals surface area contributed by atoms with Crippen LogP contribution in [0.2, 0.25) is 5.02 Å². The van der Waals surface area contributed by atoms with Crippen LogP contribution in [0.5, 0.6) is 11.5 Å². The molecule has 0 unspecified atom stereocenters. The highest BCUT2D eigenvalue weighted by molar-refractivity contribution is 6.31. The Kier molecular flexibility index (Phi) is 7.56. The first-order valence-electron chi connectivity index (χ1n) is 8.40. The largest absolute Gasteiger partial charge is 0.493 e. The molecule has 5 heteroatoms. The molecule has 136 valence electrons. The molecule has 0 fully saturated rings. The molecule has 0 amide bonds. The highest BCUT2D eigenvalue weighted by Gasteiger charge is 2.11. The number of likely N-dealkylation sites (N-methyl/N-ethyl adjacent to an activating group) is 1. The van der Waals surface area contributed by atoms with E-state index in [1.807, 2.05) is 24.3 Å². The normalized spacial score (nSPS) is 11.0. The van der Waals surface area contributed by atoms with Gasteiger partial charge in [0, 0.05) is 30.7 Å². The fourth-order valence-corrected chi connectivity index (χ4v) is 2.66. The third kappa shape index (κ3) is 5.92. The number of hydrogen-bond acceptors (Lipinski definition) is 4. The second-order valence-corrected chi connectivity index (χ2v) is 6.70. The predicted octanol–water partition coefficient (Wildman–Crippen LogP) is 3.89. The zero-order valence-corrected chi connectivity index (χ0v) is 16.2. The van der Waals surface area contributed by atoms with Gasteiger partial charge in [0.25, 0.3) is 0 Å². The fourth-order valence-electron chi connectivity index (χ4n) is 2.44. The van der Waals surface area contributed by atoms with Crippen LogP contribution in [0.1, 0.15) is 16.7 Å². The van der Waals surface area contributed by atoms with Crippen molar-refractivity contribution in [1.29, 1.82) is 0 Å². The molecule has 0 spiro atoms. The van der Waals surface area contributed by atoms with Gasteiger partial charge in [-0.2, -0.15) is 0 Å². The van der Waals surface area contributed by atoms with E-state index in [1.165, 1.54) is 5.56 Å². The molecule has 0 radical (unpaired) electrons. The standard InChI is InChI=1S/C20H27ClN2O2/c1-15-7-5-6-8-16(15)14-25-20-12-18(21)17(11-19(20)24-4)13-22-9-10-23(2)3/h5-8,11-12,22H,9-10,13-14H2,1-4H3. The number of methoxy groups -OCH3 is 1. The molecule has 4 nitrogen and oxygen atoms in total. The maximum atomic E-state index is 6.43. The molecular weight excluding hydrogens is 336 g/mol. The van der Waals surface area contributed by atoms with E-state index in [0.29, 0.717) is 29.7 Å². The van der Waals surface area contributed by atoms with Crippen molar-refractivity contribution < 1.29 is 9.47 Å². The third-order valence-corrected chi connectivity index (χ3v) is 4.38. The second-order valence-electron chi connectivity index (χ2n) is 6.29. The van der Waals surface area contributed by atoms with E-state index in [-0.39, 0.29) is 0 Å². The molecule has 25 heavy (non-hydrogen) atoms. The minimum absolute atomic E-state index is 0.486. The van der Waals surface area contributed by atoms with Crippen molar-refractivity contribution in [3.05, 3.63) is 58.1 Å². The Morgan fingerprint density at radius 2 is 1.84 bits per heavy atom. The second kappa shape index (κ2) is 9.66. The van der Waals surface area contributed by atoms with Crippen molar-refractivity contribution in [2.75, 3.05) is 34.3 Å². The summed E-state index contributed by atoms with van der Waals surface area (Å²) in [4.78, 5) is 2.14. The summed E-state index contributed by atoms with van der Waals surface area (Å²) in [6.07, 6.45) is 0. The lowest BCUT2D eigenvalue weighted by Crippen LogP contribution is -2.26.